The second kappa shape index (κ2) is 4.90. The molecule has 0 aliphatic heterocycles. The molecule has 4 nitrogen and oxygen atoms in total. The fourth-order valence-corrected chi connectivity index (χ4v) is 1.26. The highest BCUT2D eigenvalue weighted by atomic mass is 16.5. The maximum Gasteiger partial charge on any atom is 0.344 e. The molecule has 1 heterocycles. The van der Waals surface area contributed by atoms with Crippen LogP contribution in [0.2, 0.25) is 0 Å². The van der Waals surface area contributed by atoms with Gasteiger partial charge in [-0.1, -0.05) is 18.2 Å². The highest BCUT2D eigenvalue weighted by Crippen LogP contribution is 2.11. The first-order valence-electron chi connectivity index (χ1n) is 4.93. The molecule has 0 amide bonds. The Morgan fingerprint density at radius 3 is 2.71 bits per heavy atom. The summed E-state index contributed by atoms with van der Waals surface area (Å²) in [7, 11) is 0. The molecule has 0 aliphatic carbocycles. The molecule has 1 aromatic carbocycles. The lowest BCUT2D eigenvalue weighted by Crippen LogP contribution is -2.09. The van der Waals surface area contributed by atoms with E-state index in [9.17, 15) is 4.79 Å². The summed E-state index contributed by atoms with van der Waals surface area (Å²) in [5.41, 5.74) is 0.840. The third-order valence-electron chi connectivity index (χ3n) is 2.07. The van der Waals surface area contributed by atoms with Crippen LogP contribution in [0.3, 0.4) is 0 Å². The zero-order chi connectivity index (χ0) is 12.1. The zero-order valence-corrected chi connectivity index (χ0v) is 8.83. The van der Waals surface area contributed by atoms with Gasteiger partial charge in [0.1, 0.15) is 0 Å². The van der Waals surface area contributed by atoms with Crippen molar-refractivity contribution in [1.29, 1.82) is 5.26 Å². The van der Waals surface area contributed by atoms with Crippen LogP contribution < -0.4 is 4.74 Å². The van der Waals surface area contributed by atoms with Crippen molar-refractivity contribution in [3.05, 3.63) is 59.8 Å². The first-order chi connectivity index (χ1) is 8.29. The monoisotopic (exact) mass is 224 g/mol. The van der Waals surface area contributed by atoms with E-state index >= 15 is 0 Å². The molecule has 0 bridgehead atoms. The normalized spacial score (nSPS) is 9.35. The minimum atomic E-state index is -0.492. The Labute approximate surface area is 98.1 Å². The molecule has 0 N–H and O–H groups in total. The van der Waals surface area contributed by atoms with E-state index in [1.165, 1.54) is 12.3 Å². The number of nitriles is 1. The van der Waals surface area contributed by atoms with E-state index in [0.717, 1.165) is 0 Å². The van der Waals surface area contributed by atoms with Crippen molar-refractivity contribution in [2.45, 2.75) is 0 Å². The second-order valence-electron chi connectivity index (χ2n) is 3.25. The fraction of sp³-hybridized carbons (Fsp3) is 0. The molecule has 0 unspecified atom stereocenters. The SMILES string of the molecule is N#Cc1ccnc(OC(=O)c2ccccc2)c1. The summed E-state index contributed by atoms with van der Waals surface area (Å²) < 4.78 is 5.04. The lowest BCUT2D eigenvalue weighted by molar-refractivity contribution is 0.0727. The number of ether oxygens (including phenoxy) is 1. The van der Waals surface area contributed by atoms with Crippen LogP contribution in [0.4, 0.5) is 0 Å². The smallest absolute Gasteiger partial charge is 0.344 e. The number of esters is 1. The van der Waals surface area contributed by atoms with E-state index in [-0.39, 0.29) is 5.88 Å². The minimum Gasteiger partial charge on any atom is -0.404 e. The Morgan fingerprint density at radius 2 is 2.00 bits per heavy atom. The van der Waals surface area contributed by atoms with E-state index in [1.54, 1.807) is 30.3 Å². The van der Waals surface area contributed by atoms with E-state index in [0.29, 0.717) is 11.1 Å². The van der Waals surface area contributed by atoms with Gasteiger partial charge >= 0.3 is 5.97 Å². The molecule has 1 aromatic heterocycles. The van der Waals surface area contributed by atoms with Crippen LogP contribution in [0.5, 0.6) is 5.88 Å². The minimum absolute atomic E-state index is 0.123. The van der Waals surface area contributed by atoms with Gasteiger partial charge in [-0.3, -0.25) is 0 Å². The van der Waals surface area contributed by atoms with Crippen LogP contribution in [0, 0.1) is 11.3 Å². The van der Waals surface area contributed by atoms with Gasteiger partial charge in [0.15, 0.2) is 0 Å². The summed E-state index contributed by atoms with van der Waals surface area (Å²) in [6, 6.07) is 13.5. The van der Waals surface area contributed by atoms with Crippen LogP contribution in [0.25, 0.3) is 0 Å². The predicted molar refractivity (Wildman–Crippen MR) is 60.4 cm³/mol. The third kappa shape index (κ3) is 2.67. The molecule has 2 rings (SSSR count). The summed E-state index contributed by atoms with van der Waals surface area (Å²) in [6.07, 6.45) is 1.42. The molecule has 17 heavy (non-hydrogen) atoms. The zero-order valence-electron chi connectivity index (χ0n) is 8.83. The third-order valence-corrected chi connectivity index (χ3v) is 2.07. The van der Waals surface area contributed by atoms with Crippen molar-refractivity contribution in [1.82, 2.24) is 4.98 Å². The molecule has 2 aromatic rings. The molecule has 0 radical (unpaired) electrons. The Balaban J connectivity index is 2.17. The predicted octanol–water partition coefficient (Wildman–Crippen LogP) is 2.17. The topological polar surface area (TPSA) is 63.0 Å². The number of nitrogens with zero attached hydrogens (tertiary/aromatic N) is 2. The van der Waals surface area contributed by atoms with Gasteiger partial charge < -0.3 is 4.74 Å². The van der Waals surface area contributed by atoms with Gasteiger partial charge in [0, 0.05) is 12.3 Å². The largest absolute Gasteiger partial charge is 0.404 e. The van der Waals surface area contributed by atoms with Crippen LogP contribution in [-0.4, -0.2) is 11.0 Å². The highest BCUT2D eigenvalue weighted by Gasteiger charge is 2.08. The molecule has 0 saturated carbocycles. The van der Waals surface area contributed by atoms with E-state index in [2.05, 4.69) is 4.98 Å². The summed E-state index contributed by atoms with van der Waals surface area (Å²) >= 11 is 0. The summed E-state index contributed by atoms with van der Waals surface area (Å²) in [6.45, 7) is 0. The number of carbonyl (C=O) groups is 1. The van der Waals surface area contributed by atoms with Gasteiger partial charge in [0.05, 0.1) is 17.2 Å². The fourth-order valence-electron chi connectivity index (χ4n) is 1.26. The number of hydrogen-bond donors (Lipinski definition) is 0. The van der Waals surface area contributed by atoms with Crippen molar-refractivity contribution >= 4 is 5.97 Å². The second-order valence-corrected chi connectivity index (χ2v) is 3.25. The molecular weight excluding hydrogens is 216 g/mol. The van der Waals surface area contributed by atoms with E-state index in [1.807, 2.05) is 12.1 Å². The average molecular weight is 224 g/mol. The highest BCUT2D eigenvalue weighted by molar-refractivity contribution is 5.90. The Hall–Kier alpha value is -2.67. The first-order valence-corrected chi connectivity index (χ1v) is 4.93. The quantitative estimate of drug-likeness (QED) is 0.733. The lowest BCUT2D eigenvalue weighted by Gasteiger charge is -2.02. The molecule has 82 valence electrons. The summed E-state index contributed by atoms with van der Waals surface area (Å²) in [5.74, 6) is -0.369. The molecule has 0 fully saturated rings. The van der Waals surface area contributed by atoms with Crippen molar-refractivity contribution in [3.8, 4) is 11.9 Å². The van der Waals surface area contributed by atoms with Crippen LogP contribution >= 0.6 is 0 Å². The Morgan fingerprint density at radius 1 is 1.24 bits per heavy atom. The first kappa shape index (κ1) is 10.8. The van der Waals surface area contributed by atoms with E-state index in [4.69, 9.17) is 10.00 Å². The van der Waals surface area contributed by atoms with Gasteiger partial charge in [0.25, 0.3) is 0 Å². The van der Waals surface area contributed by atoms with Crippen molar-refractivity contribution in [2.75, 3.05) is 0 Å². The van der Waals surface area contributed by atoms with Crippen LogP contribution in [-0.2, 0) is 0 Å². The van der Waals surface area contributed by atoms with Gasteiger partial charge in [-0.2, -0.15) is 5.26 Å². The van der Waals surface area contributed by atoms with Crippen molar-refractivity contribution in [2.24, 2.45) is 0 Å². The maximum absolute atomic E-state index is 11.7. The summed E-state index contributed by atoms with van der Waals surface area (Å²) in [5, 5.41) is 8.69. The summed E-state index contributed by atoms with van der Waals surface area (Å²) in [4.78, 5) is 15.5. The Bertz CT molecular complexity index is 573. The molecule has 0 aliphatic rings. The molecule has 0 saturated heterocycles. The number of aromatic nitrogens is 1. The van der Waals surface area contributed by atoms with Gasteiger partial charge in [0.2, 0.25) is 5.88 Å². The molecule has 4 heteroatoms. The average Bonchev–Trinajstić information content (AvgIpc) is 2.40. The van der Waals surface area contributed by atoms with Gasteiger partial charge in [-0.05, 0) is 18.2 Å². The maximum atomic E-state index is 11.7. The van der Waals surface area contributed by atoms with Crippen molar-refractivity contribution in [3.63, 3.8) is 0 Å². The number of hydrogen-bond acceptors (Lipinski definition) is 4. The number of pyridine rings is 1. The standard InChI is InChI=1S/C13H8N2O2/c14-9-10-6-7-15-12(8-10)17-13(16)11-4-2-1-3-5-11/h1-8H. The van der Waals surface area contributed by atoms with Gasteiger partial charge in [-0.15, -0.1) is 0 Å². The van der Waals surface area contributed by atoms with Crippen molar-refractivity contribution < 1.29 is 9.53 Å². The molecule has 0 atom stereocenters. The van der Waals surface area contributed by atoms with Crippen LogP contribution in [0.1, 0.15) is 15.9 Å². The number of carbonyl (C=O) groups excluding carboxylic acids is 1. The number of benzene rings is 1. The lowest BCUT2D eigenvalue weighted by atomic mass is 10.2. The van der Waals surface area contributed by atoms with Crippen LogP contribution in [0.15, 0.2) is 48.7 Å². The Kier molecular flexibility index (Phi) is 3.13. The molecular formula is C13H8N2O2. The molecule has 0 spiro atoms. The van der Waals surface area contributed by atoms with Gasteiger partial charge in [-0.25, -0.2) is 9.78 Å². The number of rotatable bonds is 2. The van der Waals surface area contributed by atoms with E-state index < -0.39 is 5.97 Å².